The van der Waals surface area contributed by atoms with Gasteiger partial charge in [0.15, 0.2) is 12.1 Å². The lowest BCUT2D eigenvalue weighted by Crippen LogP contribution is -2.25. The van der Waals surface area contributed by atoms with Gasteiger partial charge in [-0.1, -0.05) is 19.9 Å². The van der Waals surface area contributed by atoms with Crippen LogP contribution in [0.4, 0.5) is 11.5 Å². The van der Waals surface area contributed by atoms with Crippen LogP contribution >= 0.6 is 9.90 Å². The van der Waals surface area contributed by atoms with Crippen LogP contribution in [0.15, 0.2) is 24.5 Å². The molecule has 0 bridgehead atoms. The van der Waals surface area contributed by atoms with Crippen LogP contribution in [-0.2, 0) is 32.0 Å². The Kier molecular flexibility index (Phi) is 21.0. The molecule has 1 aliphatic heterocycles. The molecule has 2 amide bonds. The summed E-state index contributed by atoms with van der Waals surface area (Å²) in [6, 6.07) is 5.93. The predicted molar refractivity (Wildman–Crippen MR) is 271 cm³/mol. The van der Waals surface area contributed by atoms with Crippen molar-refractivity contribution in [3.63, 3.8) is 0 Å². The summed E-state index contributed by atoms with van der Waals surface area (Å²) in [6.07, 6.45) is 5.98. The van der Waals surface area contributed by atoms with Gasteiger partial charge in [0.05, 0.1) is 61.1 Å². The predicted octanol–water partition coefficient (Wildman–Crippen LogP) is 7.07. The highest BCUT2D eigenvalue weighted by molar-refractivity contribution is 6.92. The van der Waals surface area contributed by atoms with Crippen molar-refractivity contribution in [2.45, 2.75) is 114 Å². The van der Waals surface area contributed by atoms with Gasteiger partial charge in [0.2, 0.25) is 0 Å². The zero-order valence-corrected chi connectivity index (χ0v) is 43.9. The first-order valence-electron chi connectivity index (χ1n) is 23.7. The van der Waals surface area contributed by atoms with E-state index in [2.05, 4.69) is 49.8 Å². The molecule has 4 aromatic heterocycles. The number of benzene rings is 1. The summed E-state index contributed by atoms with van der Waals surface area (Å²) < 4.78 is 21.6. The van der Waals surface area contributed by atoms with Crippen LogP contribution in [-0.4, -0.2) is 117 Å². The van der Waals surface area contributed by atoms with Crippen molar-refractivity contribution in [3.8, 4) is 0 Å². The summed E-state index contributed by atoms with van der Waals surface area (Å²) in [6.45, 7) is 21.7. The molecule has 384 valence electrons. The van der Waals surface area contributed by atoms with Gasteiger partial charge in [-0.05, 0) is 122 Å². The van der Waals surface area contributed by atoms with Crippen molar-refractivity contribution in [2.75, 3.05) is 44.8 Å². The first kappa shape index (κ1) is 56.7. The summed E-state index contributed by atoms with van der Waals surface area (Å²) >= 11 is 0. The van der Waals surface area contributed by atoms with E-state index in [1.807, 2.05) is 41.5 Å². The summed E-state index contributed by atoms with van der Waals surface area (Å²) in [5.74, 6) is -1.49. The topological polar surface area (TPSA) is 258 Å². The average Bonchev–Trinajstić information content (AvgIpc) is 3.74. The Balaban J connectivity index is 0.000000242. The molecule has 1 saturated carbocycles. The number of hydrogen-bond donors (Lipinski definition) is 5. The van der Waals surface area contributed by atoms with Gasteiger partial charge in [-0.3, -0.25) is 14.4 Å². The van der Waals surface area contributed by atoms with Crippen LogP contribution < -0.4 is 16.0 Å². The van der Waals surface area contributed by atoms with E-state index < -0.39 is 23.9 Å². The monoisotopic (exact) mass is 1000 g/mol. The third-order valence-electron chi connectivity index (χ3n) is 11.4. The fourth-order valence-corrected chi connectivity index (χ4v) is 7.89. The van der Waals surface area contributed by atoms with Gasteiger partial charge in [-0.25, -0.2) is 28.7 Å². The molecule has 5 heterocycles. The molecule has 71 heavy (non-hydrogen) atoms. The maximum atomic E-state index is 12.9. The molecule has 1 unspecified atom stereocenters. The lowest BCUT2D eigenvalue weighted by Gasteiger charge is -2.16. The van der Waals surface area contributed by atoms with Gasteiger partial charge < -0.3 is 49.8 Å². The number of ether oxygens (including phenoxy) is 4. The maximum absolute atomic E-state index is 12.9. The Labute approximate surface area is 416 Å². The second-order valence-electron chi connectivity index (χ2n) is 16.5. The van der Waals surface area contributed by atoms with E-state index in [0.29, 0.717) is 71.5 Å². The van der Waals surface area contributed by atoms with E-state index in [1.54, 1.807) is 41.5 Å². The Morgan fingerprint density at radius 3 is 1.96 bits per heavy atom. The highest BCUT2D eigenvalue weighted by Crippen LogP contribution is 2.35. The molecule has 1 aromatic carbocycles. The number of fused-ring (bicyclic) bond motifs is 3. The van der Waals surface area contributed by atoms with Gasteiger partial charge in [0.25, 0.3) is 11.8 Å². The number of amides is 2. The number of nitrogens with zero attached hydrogens (tertiary/aromatic N) is 4. The van der Waals surface area contributed by atoms with E-state index in [9.17, 15) is 33.6 Å². The smallest absolute Gasteiger partial charge is 0.355 e. The van der Waals surface area contributed by atoms with E-state index in [-0.39, 0.29) is 58.5 Å². The fraction of sp³-hybridized carbons (Fsp3) is 0.460. The van der Waals surface area contributed by atoms with Gasteiger partial charge >= 0.3 is 23.9 Å². The van der Waals surface area contributed by atoms with Crippen molar-refractivity contribution in [1.82, 2.24) is 40.1 Å². The van der Waals surface area contributed by atoms with Crippen LogP contribution in [0.2, 0.25) is 0 Å². The summed E-state index contributed by atoms with van der Waals surface area (Å²) in [7, 11) is 0. The minimum atomic E-state index is -0.635. The molecule has 1 aliphatic carbocycles. The standard InChI is InChI=1S/C23H26N6O2.C15H24N2O4.C12H15NO5.H3P/c1-4-9-28-11-18-19(23(28)31)14(3)20-21(24-12-25-29(18)20)27-17-10-15(6-5-13(17)2)22(30)26-16-7-8-16;1-5-8-16-9-11-12(14(18)20-6-2)10(4)13(17-11)15(19)21-7-3;1-4-17-11(15)9-7(3)10(12(16)18-5-2)13-8(9)6-14;/h5-6,10,12,16H,4,7-9,11H2,1-3H3,(H,26,30)(H,24,25,27);16-17H,5-9H2,1-4H3;6,13H,4-5H2,1-3H3;1H3. The first-order chi connectivity index (χ1) is 33.6. The van der Waals surface area contributed by atoms with Crippen molar-refractivity contribution in [3.05, 3.63) is 97.5 Å². The number of rotatable bonds is 19. The number of anilines is 2. The van der Waals surface area contributed by atoms with E-state index in [1.165, 1.54) is 6.33 Å². The number of aryl methyl sites for hydroxylation is 2. The van der Waals surface area contributed by atoms with Gasteiger partial charge in [-0.15, -0.1) is 0 Å². The fourth-order valence-electron chi connectivity index (χ4n) is 7.89. The molecule has 0 spiro atoms. The molecule has 7 rings (SSSR count). The van der Waals surface area contributed by atoms with E-state index in [4.69, 9.17) is 18.9 Å². The quantitative estimate of drug-likeness (QED) is 0.0182. The normalized spacial score (nSPS) is 12.4. The van der Waals surface area contributed by atoms with Crippen molar-refractivity contribution < 1.29 is 52.5 Å². The van der Waals surface area contributed by atoms with Crippen LogP contribution in [0, 0.1) is 27.7 Å². The Hall–Kier alpha value is -6.92. The number of nitrogens with one attached hydrogen (secondary N) is 5. The Morgan fingerprint density at radius 1 is 0.789 bits per heavy atom. The highest BCUT2D eigenvalue weighted by atomic mass is 31.0. The molecular formula is C50H68N9O11P. The van der Waals surface area contributed by atoms with Gasteiger partial charge in [-0.2, -0.15) is 15.0 Å². The maximum Gasteiger partial charge on any atom is 0.355 e. The van der Waals surface area contributed by atoms with Crippen LogP contribution in [0.3, 0.4) is 0 Å². The molecule has 5 aromatic rings. The number of aromatic amines is 2. The van der Waals surface area contributed by atoms with Crippen molar-refractivity contribution in [2.24, 2.45) is 0 Å². The van der Waals surface area contributed by atoms with Crippen LogP contribution in [0.1, 0.15) is 174 Å². The molecule has 0 saturated heterocycles. The number of H-pyrrole nitrogens is 2. The van der Waals surface area contributed by atoms with E-state index >= 15 is 0 Å². The molecule has 1 atom stereocenters. The third kappa shape index (κ3) is 13.3. The number of aromatic nitrogens is 5. The molecule has 5 N–H and O–H groups in total. The second-order valence-corrected chi connectivity index (χ2v) is 16.5. The third-order valence-corrected chi connectivity index (χ3v) is 11.4. The number of esters is 4. The lowest BCUT2D eigenvalue weighted by molar-refractivity contribution is 0.0505. The molecule has 1 fully saturated rings. The minimum Gasteiger partial charge on any atom is -0.462 e. The van der Waals surface area contributed by atoms with Crippen LogP contribution in [0.25, 0.3) is 5.52 Å². The van der Waals surface area contributed by atoms with Crippen molar-refractivity contribution in [1.29, 1.82) is 0 Å². The van der Waals surface area contributed by atoms with E-state index in [0.717, 1.165) is 72.4 Å². The van der Waals surface area contributed by atoms with Gasteiger partial charge in [0, 0.05) is 36.1 Å². The first-order valence-corrected chi connectivity index (χ1v) is 23.7. The lowest BCUT2D eigenvalue weighted by atomic mass is 10.1. The summed E-state index contributed by atoms with van der Waals surface area (Å²) in [4.78, 5) is 95.5. The average molecular weight is 1000 g/mol. The molecule has 2 aliphatic rings. The summed E-state index contributed by atoms with van der Waals surface area (Å²) in [5, 5.41) is 14.1. The number of aldehydes is 1. The highest BCUT2D eigenvalue weighted by Gasteiger charge is 2.35. The Bertz CT molecular complexity index is 2740. The number of hydrogen-bond acceptors (Lipinski definition) is 15. The molecule has 21 heteroatoms. The summed E-state index contributed by atoms with van der Waals surface area (Å²) in [5.41, 5.74) is 8.25. The number of carbonyl (C=O) groups excluding carboxylic acids is 7. The largest absolute Gasteiger partial charge is 0.462 e. The van der Waals surface area contributed by atoms with Crippen molar-refractivity contribution >= 4 is 68.9 Å². The molecule has 0 radical (unpaired) electrons. The zero-order chi connectivity index (χ0) is 51.2. The second kappa shape index (κ2) is 26.3. The Morgan fingerprint density at radius 2 is 1.38 bits per heavy atom. The SMILES string of the molecule is CCCN1Cc2c(c(C)c3c(Nc4cc(C(=O)NC5CC5)ccc4C)ncnn23)C1=O.CCCNCc1[nH]c(C(=O)OCC)c(C)c1C(=O)OCC.CCOC(=O)c1[nH]c(C=O)c(C(=O)OCC)c1C.P. The molecule has 20 nitrogen and oxygen atoms in total. The zero-order valence-electron chi connectivity index (χ0n) is 42.4. The number of carbonyl (C=O) groups is 7. The van der Waals surface area contributed by atoms with Gasteiger partial charge in [0.1, 0.15) is 23.2 Å². The minimum absolute atomic E-state index is 0. The molecular weight excluding hydrogens is 934 g/mol. The van der Waals surface area contributed by atoms with Crippen LogP contribution in [0.5, 0.6) is 0 Å².